The molecular weight excluding hydrogens is 434 g/mol. The van der Waals surface area contributed by atoms with Crippen LogP contribution in [0.1, 0.15) is 11.4 Å². The van der Waals surface area contributed by atoms with Gasteiger partial charge in [0.15, 0.2) is 17.2 Å². The third kappa shape index (κ3) is 4.29. The van der Waals surface area contributed by atoms with Gasteiger partial charge in [0.2, 0.25) is 5.91 Å². The molecule has 0 aliphatic heterocycles. The first-order valence-electron chi connectivity index (χ1n) is 10.6. The van der Waals surface area contributed by atoms with Crippen molar-refractivity contribution < 1.29 is 9.21 Å². The van der Waals surface area contributed by atoms with Crippen LogP contribution in [0.2, 0.25) is 0 Å². The Labute approximate surface area is 193 Å². The van der Waals surface area contributed by atoms with Crippen molar-refractivity contribution in [2.75, 3.05) is 10.6 Å². The number of carbonyl (C=O) groups excluding carboxylic acids is 1. The van der Waals surface area contributed by atoms with E-state index in [9.17, 15) is 9.59 Å². The lowest BCUT2D eigenvalue weighted by Crippen LogP contribution is -2.24. The van der Waals surface area contributed by atoms with Gasteiger partial charge in [0, 0.05) is 17.1 Å². The molecule has 0 atom stereocenters. The summed E-state index contributed by atoms with van der Waals surface area (Å²) in [6.45, 7) is 3.75. The van der Waals surface area contributed by atoms with Gasteiger partial charge in [0.25, 0.3) is 0 Å². The van der Waals surface area contributed by atoms with Crippen LogP contribution in [0.15, 0.2) is 75.9 Å². The average molecular weight is 455 g/mol. The lowest BCUT2D eigenvalue weighted by molar-refractivity contribution is -0.116. The summed E-state index contributed by atoms with van der Waals surface area (Å²) in [4.78, 5) is 24.5. The molecule has 10 heteroatoms. The van der Waals surface area contributed by atoms with E-state index < -0.39 is 5.76 Å². The zero-order valence-corrected chi connectivity index (χ0v) is 18.5. The molecule has 2 N–H and O–H groups in total. The molecule has 0 aliphatic carbocycles. The number of fused-ring (bicyclic) bond motifs is 1. The van der Waals surface area contributed by atoms with Crippen LogP contribution in [-0.4, -0.2) is 30.5 Å². The molecule has 170 valence electrons. The minimum Gasteiger partial charge on any atom is -0.408 e. The summed E-state index contributed by atoms with van der Waals surface area (Å²) in [5.41, 5.74) is 4.30. The van der Waals surface area contributed by atoms with E-state index in [1.807, 2.05) is 44.2 Å². The summed E-state index contributed by atoms with van der Waals surface area (Å²) in [6.07, 6.45) is 0. The number of para-hydroxylation sites is 2. The second kappa shape index (κ2) is 8.66. The second-order valence-corrected chi connectivity index (χ2v) is 7.79. The van der Waals surface area contributed by atoms with Crippen LogP contribution in [-0.2, 0) is 11.3 Å². The minimum absolute atomic E-state index is 0.146. The molecule has 0 aliphatic rings. The van der Waals surface area contributed by atoms with Crippen LogP contribution in [0.3, 0.4) is 0 Å². The minimum atomic E-state index is -0.569. The number of nitrogens with one attached hydrogen (secondary N) is 2. The monoisotopic (exact) mass is 455 g/mol. The molecule has 0 fully saturated rings. The molecule has 1 amide bonds. The summed E-state index contributed by atoms with van der Waals surface area (Å²) < 4.78 is 8.21. The standard InChI is InChI=1S/C24H21N7O3/c1-15-13-16(2)31(29-15)22-12-11-21(27-28-22)25-17-7-9-18(10-8-17)26-23(32)14-30-19-5-3-4-6-20(19)34-24(30)33/h3-13H,14H2,1-2H3,(H,25,27)(H,26,32). The van der Waals surface area contributed by atoms with E-state index >= 15 is 0 Å². The van der Waals surface area contributed by atoms with Crippen molar-refractivity contribution in [3.63, 3.8) is 0 Å². The average Bonchev–Trinajstić information content (AvgIpc) is 3.33. The first-order chi connectivity index (χ1) is 16.5. The topological polar surface area (TPSA) is 120 Å². The molecule has 0 unspecified atom stereocenters. The normalized spacial score (nSPS) is 11.0. The molecular formula is C24H21N7O3. The molecule has 0 saturated heterocycles. The first kappa shape index (κ1) is 21.1. The van der Waals surface area contributed by atoms with Gasteiger partial charge < -0.3 is 15.1 Å². The van der Waals surface area contributed by atoms with Crippen LogP contribution >= 0.6 is 0 Å². The highest BCUT2D eigenvalue weighted by molar-refractivity contribution is 5.91. The fraction of sp³-hybridized carbons (Fsp3) is 0.125. The van der Waals surface area contributed by atoms with E-state index in [2.05, 4.69) is 25.9 Å². The Morgan fingerprint density at radius 2 is 1.74 bits per heavy atom. The number of amides is 1. The fourth-order valence-electron chi connectivity index (χ4n) is 3.66. The molecule has 3 heterocycles. The Morgan fingerprint density at radius 1 is 0.971 bits per heavy atom. The molecule has 5 aromatic rings. The predicted molar refractivity (Wildman–Crippen MR) is 127 cm³/mol. The third-order valence-corrected chi connectivity index (χ3v) is 5.19. The third-order valence-electron chi connectivity index (χ3n) is 5.19. The number of hydrogen-bond acceptors (Lipinski definition) is 7. The van der Waals surface area contributed by atoms with Crippen LogP contribution < -0.4 is 16.4 Å². The maximum atomic E-state index is 12.5. The second-order valence-electron chi connectivity index (χ2n) is 7.79. The Bertz CT molecular complexity index is 1530. The van der Waals surface area contributed by atoms with E-state index in [0.717, 1.165) is 17.1 Å². The van der Waals surface area contributed by atoms with Crippen molar-refractivity contribution in [3.8, 4) is 5.82 Å². The van der Waals surface area contributed by atoms with Crippen LogP contribution in [0.25, 0.3) is 16.9 Å². The molecule has 34 heavy (non-hydrogen) atoms. The maximum absolute atomic E-state index is 12.5. The summed E-state index contributed by atoms with van der Waals surface area (Å²) in [7, 11) is 0. The smallest absolute Gasteiger partial charge is 0.408 e. The molecule has 2 aromatic carbocycles. The summed E-state index contributed by atoms with van der Waals surface area (Å²) in [5.74, 6) is 0.313. The van der Waals surface area contributed by atoms with Crippen molar-refractivity contribution in [2.24, 2.45) is 0 Å². The van der Waals surface area contributed by atoms with Crippen molar-refractivity contribution >= 4 is 34.2 Å². The van der Waals surface area contributed by atoms with Gasteiger partial charge in [-0.2, -0.15) is 5.10 Å². The first-order valence-corrected chi connectivity index (χ1v) is 10.6. The van der Waals surface area contributed by atoms with Gasteiger partial charge in [0.05, 0.1) is 11.2 Å². The number of rotatable bonds is 6. The van der Waals surface area contributed by atoms with E-state index in [1.54, 1.807) is 41.1 Å². The maximum Gasteiger partial charge on any atom is 0.420 e. The highest BCUT2D eigenvalue weighted by Crippen LogP contribution is 2.19. The van der Waals surface area contributed by atoms with Gasteiger partial charge in [-0.15, -0.1) is 10.2 Å². The zero-order valence-electron chi connectivity index (χ0n) is 18.5. The van der Waals surface area contributed by atoms with Crippen molar-refractivity contribution in [3.05, 3.63) is 88.7 Å². The summed E-state index contributed by atoms with van der Waals surface area (Å²) in [6, 6.07) is 19.8. The van der Waals surface area contributed by atoms with Gasteiger partial charge in [-0.25, -0.2) is 9.48 Å². The molecule has 10 nitrogen and oxygen atoms in total. The van der Waals surface area contributed by atoms with Gasteiger partial charge in [-0.3, -0.25) is 9.36 Å². The Hall–Kier alpha value is -4.73. The fourth-order valence-corrected chi connectivity index (χ4v) is 3.66. The van der Waals surface area contributed by atoms with Gasteiger partial charge in [-0.1, -0.05) is 12.1 Å². The summed E-state index contributed by atoms with van der Waals surface area (Å²) in [5, 5.41) is 18.8. The van der Waals surface area contributed by atoms with Crippen LogP contribution in [0, 0.1) is 13.8 Å². The number of benzene rings is 2. The van der Waals surface area contributed by atoms with E-state index in [1.165, 1.54) is 4.57 Å². The number of anilines is 3. The quantitative estimate of drug-likeness (QED) is 0.402. The van der Waals surface area contributed by atoms with Crippen LogP contribution in [0.5, 0.6) is 0 Å². The number of aromatic nitrogens is 5. The van der Waals surface area contributed by atoms with Gasteiger partial charge in [0.1, 0.15) is 6.54 Å². The molecule has 0 saturated carbocycles. The molecule has 0 spiro atoms. The zero-order chi connectivity index (χ0) is 23.7. The number of nitrogens with zero attached hydrogens (tertiary/aromatic N) is 5. The van der Waals surface area contributed by atoms with Crippen molar-refractivity contribution in [2.45, 2.75) is 20.4 Å². The van der Waals surface area contributed by atoms with E-state index in [0.29, 0.717) is 28.4 Å². The van der Waals surface area contributed by atoms with Crippen molar-refractivity contribution in [1.29, 1.82) is 0 Å². The lowest BCUT2D eigenvalue weighted by Gasteiger charge is -2.09. The van der Waals surface area contributed by atoms with E-state index in [4.69, 9.17) is 4.42 Å². The Morgan fingerprint density at radius 3 is 2.44 bits per heavy atom. The summed E-state index contributed by atoms with van der Waals surface area (Å²) >= 11 is 0. The Balaban J connectivity index is 1.22. The van der Waals surface area contributed by atoms with Crippen LogP contribution in [0.4, 0.5) is 17.2 Å². The molecule has 3 aromatic heterocycles. The lowest BCUT2D eigenvalue weighted by atomic mass is 10.2. The SMILES string of the molecule is Cc1cc(C)n(-c2ccc(Nc3ccc(NC(=O)Cn4c(=O)oc5ccccc54)cc3)nn2)n1. The number of oxazole rings is 1. The van der Waals surface area contributed by atoms with Gasteiger partial charge >= 0.3 is 5.76 Å². The van der Waals surface area contributed by atoms with E-state index in [-0.39, 0.29) is 12.5 Å². The predicted octanol–water partition coefficient (Wildman–Crippen LogP) is 3.57. The number of carbonyl (C=O) groups is 1. The largest absolute Gasteiger partial charge is 0.420 e. The van der Waals surface area contributed by atoms with Crippen molar-refractivity contribution in [1.82, 2.24) is 24.5 Å². The van der Waals surface area contributed by atoms with Gasteiger partial charge in [-0.05, 0) is 68.4 Å². The molecule has 5 rings (SSSR count). The highest BCUT2D eigenvalue weighted by atomic mass is 16.4. The highest BCUT2D eigenvalue weighted by Gasteiger charge is 2.12. The Kier molecular flexibility index (Phi) is 5.38. The number of aryl methyl sites for hydroxylation is 2. The number of hydrogen-bond donors (Lipinski definition) is 2. The molecule has 0 radical (unpaired) electrons. The molecule has 0 bridgehead atoms.